The molecule has 9 heteroatoms. The summed E-state index contributed by atoms with van der Waals surface area (Å²) in [4.78, 5) is 46.8. The third-order valence-corrected chi connectivity index (χ3v) is 5.77. The summed E-state index contributed by atoms with van der Waals surface area (Å²) in [6.07, 6.45) is 1.95. The van der Waals surface area contributed by atoms with E-state index in [1.54, 1.807) is 27.0 Å². The van der Waals surface area contributed by atoms with Crippen LogP contribution < -0.4 is 5.32 Å². The maximum Gasteiger partial charge on any atom is 0.325 e. The van der Waals surface area contributed by atoms with Crippen molar-refractivity contribution in [1.82, 2.24) is 20.2 Å². The van der Waals surface area contributed by atoms with Gasteiger partial charge in [-0.25, -0.2) is 9.78 Å². The molecule has 2 atom stereocenters. The molecule has 0 spiro atoms. The fraction of sp³-hybridized carbons (Fsp3) is 0.478. The number of hydrogen-bond donors (Lipinski definition) is 2. The van der Waals surface area contributed by atoms with E-state index in [9.17, 15) is 14.4 Å². The van der Waals surface area contributed by atoms with E-state index >= 15 is 0 Å². The lowest BCUT2D eigenvalue weighted by Crippen LogP contribution is -2.38. The zero-order chi connectivity index (χ0) is 23.6. The Kier molecular flexibility index (Phi) is 7.26. The average Bonchev–Trinajstić information content (AvgIpc) is 3.26. The molecule has 2 N–H and O–H groups in total. The zero-order valence-corrected chi connectivity index (χ0v) is 21.1. The molecule has 3 rings (SSSR count). The molecule has 0 unspecified atom stereocenters. The Labute approximate surface area is 201 Å². The number of urea groups is 1. The molecular weight excluding hydrogens is 523 g/mol. The van der Waals surface area contributed by atoms with E-state index in [0.717, 1.165) is 14.8 Å². The monoisotopic (exact) mass is 552 g/mol. The molecule has 8 nitrogen and oxygen atoms in total. The van der Waals surface area contributed by atoms with E-state index in [4.69, 9.17) is 4.74 Å². The Bertz CT molecular complexity index is 994. The number of hydrogen-bond acceptors (Lipinski definition) is 5. The minimum Gasteiger partial charge on any atom is -0.460 e. The topological polar surface area (TPSA) is 104 Å². The number of carbonyl (C=O) groups excluding carboxylic acids is 3. The molecule has 0 saturated carbocycles. The van der Waals surface area contributed by atoms with E-state index in [1.807, 2.05) is 38.1 Å². The molecule has 1 aliphatic rings. The number of H-pyrrole nitrogens is 1. The fourth-order valence-corrected chi connectivity index (χ4v) is 4.02. The lowest BCUT2D eigenvalue weighted by Gasteiger charge is -2.27. The molecule has 1 aromatic heterocycles. The van der Waals surface area contributed by atoms with Gasteiger partial charge >= 0.3 is 12.0 Å². The molecule has 2 heterocycles. The van der Waals surface area contributed by atoms with Gasteiger partial charge in [0.1, 0.15) is 23.5 Å². The number of benzene rings is 1. The van der Waals surface area contributed by atoms with E-state index in [1.165, 1.54) is 4.90 Å². The van der Waals surface area contributed by atoms with Crippen molar-refractivity contribution < 1.29 is 19.1 Å². The summed E-state index contributed by atoms with van der Waals surface area (Å²) >= 11 is 2.25. The Balaban J connectivity index is 1.75. The second-order valence-electron chi connectivity index (χ2n) is 9.21. The third kappa shape index (κ3) is 5.67. The number of amides is 3. The zero-order valence-electron chi connectivity index (χ0n) is 18.9. The Morgan fingerprint density at radius 2 is 1.88 bits per heavy atom. The van der Waals surface area contributed by atoms with Gasteiger partial charge in [0.25, 0.3) is 5.91 Å². The number of carbonyl (C=O) groups is 3. The molecular formula is C23H29IN4O4. The van der Waals surface area contributed by atoms with Gasteiger partial charge in [-0.1, -0.05) is 26.0 Å². The highest BCUT2D eigenvalue weighted by Gasteiger charge is 2.44. The maximum absolute atomic E-state index is 13.1. The van der Waals surface area contributed by atoms with Crippen molar-refractivity contribution in [2.24, 2.45) is 5.92 Å². The molecule has 172 valence electrons. The molecule has 1 saturated heterocycles. The Morgan fingerprint density at radius 1 is 1.22 bits per heavy atom. The summed E-state index contributed by atoms with van der Waals surface area (Å²) in [5.41, 5.74) is 1.19. The highest BCUT2D eigenvalue weighted by molar-refractivity contribution is 14.1. The summed E-state index contributed by atoms with van der Waals surface area (Å²) in [6.45, 7) is 9.24. The van der Waals surface area contributed by atoms with Crippen molar-refractivity contribution >= 4 is 40.5 Å². The molecule has 0 radical (unpaired) electrons. The first-order valence-corrected chi connectivity index (χ1v) is 11.7. The quantitative estimate of drug-likeness (QED) is 0.301. The van der Waals surface area contributed by atoms with Gasteiger partial charge in [-0.05, 0) is 73.4 Å². The van der Waals surface area contributed by atoms with Gasteiger partial charge in [-0.15, -0.1) is 0 Å². The summed E-state index contributed by atoms with van der Waals surface area (Å²) in [7, 11) is 0. The summed E-state index contributed by atoms with van der Waals surface area (Å²) in [5, 5.41) is 2.71. The maximum atomic E-state index is 13.1. The van der Waals surface area contributed by atoms with Gasteiger partial charge in [0.05, 0.1) is 11.9 Å². The molecule has 0 bridgehead atoms. The number of imide groups is 1. The second kappa shape index (κ2) is 9.60. The van der Waals surface area contributed by atoms with Gasteiger partial charge in [-0.2, -0.15) is 0 Å². The minimum atomic E-state index is -0.762. The summed E-state index contributed by atoms with van der Waals surface area (Å²) < 4.78 is 6.43. The molecule has 1 fully saturated rings. The number of aromatic nitrogens is 2. The van der Waals surface area contributed by atoms with Crippen LogP contribution in [0.4, 0.5) is 4.79 Å². The third-order valence-electron chi connectivity index (χ3n) is 5.05. The number of nitrogens with zero attached hydrogens (tertiary/aromatic N) is 2. The van der Waals surface area contributed by atoms with Crippen molar-refractivity contribution in [3.8, 4) is 11.3 Å². The van der Waals surface area contributed by atoms with Crippen LogP contribution in [-0.4, -0.2) is 44.4 Å². The average molecular weight is 552 g/mol. The van der Waals surface area contributed by atoms with Gasteiger partial charge < -0.3 is 15.0 Å². The van der Waals surface area contributed by atoms with Gasteiger partial charge in [0.2, 0.25) is 0 Å². The number of ether oxygens (including phenoxy) is 1. The SMILES string of the molecule is CC(C)[C@@H](c1ncc(-c2ccc(I)cc2)[nH]1)N1C(=O)N[C@H](CCC(=O)OC(C)(C)C)C1=O. The van der Waals surface area contributed by atoms with Crippen LogP contribution in [0.2, 0.25) is 0 Å². The van der Waals surface area contributed by atoms with Gasteiger partial charge in [-0.3, -0.25) is 14.5 Å². The van der Waals surface area contributed by atoms with Crippen LogP contribution in [0, 0.1) is 9.49 Å². The predicted molar refractivity (Wildman–Crippen MR) is 129 cm³/mol. The highest BCUT2D eigenvalue weighted by atomic mass is 127. The van der Waals surface area contributed by atoms with Crippen LogP contribution in [0.5, 0.6) is 0 Å². The van der Waals surface area contributed by atoms with Crippen molar-refractivity contribution in [2.45, 2.75) is 65.1 Å². The second-order valence-corrected chi connectivity index (χ2v) is 10.5. The smallest absolute Gasteiger partial charge is 0.325 e. The van der Waals surface area contributed by atoms with Crippen LogP contribution >= 0.6 is 22.6 Å². The number of rotatable bonds is 7. The Morgan fingerprint density at radius 3 is 2.47 bits per heavy atom. The van der Waals surface area contributed by atoms with E-state index < -0.39 is 29.7 Å². The van der Waals surface area contributed by atoms with E-state index in [2.05, 4.69) is 37.9 Å². The molecule has 1 aliphatic heterocycles. The largest absolute Gasteiger partial charge is 0.460 e. The van der Waals surface area contributed by atoms with Gasteiger partial charge in [0, 0.05) is 9.99 Å². The summed E-state index contributed by atoms with van der Waals surface area (Å²) in [5.74, 6) is -0.272. The van der Waals surface area contributed by atoms with Crippen LogP contribution in [-0.2, 0) is 14.3 Å². The van der Waals surface area contributed by atoms with Crippen molar-refractivity contribution in [3.63, 3.8) is 0 Å². The molecule has 1 aromatic carbocycles. The first kappa shape index (κ1) is 24.2. The standard InChI is InChI=1S/C23H29IN4O4/c1-13(2)19(20-25-12-17(26-20)14-6-8-15(24)9-7-14)28-21(30)16(27-22(28)31)10-11-18(29)32-23(3,4)5/h6-9,12-13,16,19H,10-11H2,1-5H3,(H,25,26)(H,27,31)/t16-,19+/m1/s1. The van der Waals surface area contributed by atoms with Crippen molar-refractivity contribution in [3.05, 3.63) is 39.9 Å². The van der Waals surface area contributed by atoms with Crippen molar-refractivity contribution in [2.75, 3.05) is 0 Å². The fourth-order valence-electron chi connectivity index (χ4n) is 3.66. The highest BCUT2D eigenvalue weighted by Crippen LogP contribution is 2.32. The first-order chi connectivity index (χ1) is 15.0. The van der Waals surface area contributed by atoms with Crippen LogP contribution in [0.15, 0.2) is 30.5 Å². The number of halogens is 1. The number of imidazole rings is 1. The van der Waals surface area contributed by atoms with Crippen LogP contribution in [0.1, 0.15) is 59.3 Å². The molecule has 3 amide bonds. The lowest BCUT2D eigenvalue weighted by atomic mass is 10.0. The van der Waals surface area contributed by atoms with Crippen molar-refractivity contribution in [1.29, 1.82) is 0 Å². The molecule has 2 aromatic rings. The summed E-state index contributed by atoms with van der Waals surface area (Å²) in [6, 6.07) is 6.20. The normalized spacial score (nSPS) is 17.6. The van der Waals surface area contributed by atoms with E-state index in [0.29, 0.717) is 5.82 Å². The minimum absolute atomic E-state index is 0.0475. The number of aromatic amines is 1. The first-order valence-electron chi connectivity index (χ1n) is 10.6. The van der Waals surface area contributed by atoms with Gasteiger partial charge in [0.15, 0.2) is 0 Å². The number of nitrogens with one attached hydrogen (secondary N) is 2. The lowest BCUT2D eigenvalue weighted by molar-refractivity contribution is -0.155. The number of esters is 1. The Hall–Kier alpha value is -2.43. The molecule has 32 heavy (non-hydrogen) atoms. The van der Waals surface area contributed by atoms with Crippen LogP contribution in [0.25, 0.3) is 11.3 Å². The van der Waals surface area contributed by atoms with Crippen LogP contribution in [0.3, 0.4) is 0 Å². The predicted octanol–water partition coefficient (Wildman–Crippen LogP) is 4.42. The molecule has 0 aliphatic carbocycles. The van der Waals surface area contributed by atoms with E-state index in [-0.39, 0.29) is 24.7 Å².